The van der Waals surface area contributed by atoms with E-state index < -0.39 is 0 Å². The summed E-state index contributed by atoms with van der Waals surface area (Å²) in [5.41, 5.74) is 6.45. The summed E-state index contributed by atoms with van der Waals surface area (Å²) < 4.78 is 10.9. The normalized spacial score (nSPS) is 13.6. The standard InChI is InChI=1S/C11H12ClNO2S/c12-8-6-10-9(14-3-4-15-10)5-7(8)1-2-11(13)16/h5-6H,1-4H2,(H2,13,16). The number of thiocarbonyl (C=S) groups is 1. The molecular formula is C11H12ClNO2S. The van der Waals surface area contributed by atoms with E-state index in [0.29, 0.717) is 35.4 Å². The van der Waals surface area contributed by atoms with Crippen molar-refractivity contribution in [3.8, 4) is 11.5 Å². The lowest BCUT2D eigenvalue weighted by atomic mass is 10.1. The summed E-state index contributed by atoms with van der Waals surface area (Å²) in [5, 5.41) is 0.667. The minimum Gasteiger partial charge on any atom is -0.486 e. The van der Waals surface area contributed by atoms with Gasteiger partial charge in [0.15, 0.2) is 11.5 Å². The average molecular weight is 258 g/mol. The molecule has 0 saturated carbocycles. The second-order valence-electron chi connectivity index (χ2n) is 3.55. The number of hydrogen-bond acceptors (Lipinski definition) is 3. The smallest absolute Gasteiger partial charge is 0.162 e. The van der Waals surface area contributed by atoms with Gasteiger partial charge in [-0.15, -0.1) is 0 Å². The van der Waals surface area contributed by atoms with Gasteiger partial charge in [0.25, 0.3) is 0 Å². The molecule has 86 valence electrons. The van der Waals surface area contributed by atoms with Crippen LogP contribution in [0.15, 0.2) is 12.1 Å². The summed E-state index contributed by atoms with van der Waals surface area (Å²) >= 11 is 11.0. The van der Waals surface area contributed by atoms with Gasteiger partial charge in [-0.3, -0.25) is 0 Å². The summed E-state index contributed by atoms with van der Waals surface area (Å²) in [7, 11) is 0. The molecule has 1 aliphatic rings. The highest BCUT2D eigenvalue weighted by Gasteiger charge is 2.14. The number of aryl methyl sites for hydroxylation is 1. The van der Waals surface area contributed by atoms with Gasteiger partial charge >= 0.3 is 0 Å². The van der Waals surface area contributed by atoms with Gasteiger partial charge in [-0.2, -0.15) is 0 Å². The second-order valence-corrected chi connectivity index (χ2v) is 4.49. The Kier molecular flexibility index (Phi) is 3.51. The molecule has 0 aromatic heterocycles. The summed E-state index contributed by atoms with van der Waals surface area (Å²) in [6.45, 7) is 1.14. The SMILES string of the molecule is NC(=S)CCc1cc2c(cc1Cl)OCCO2. The molecule has 5 heteroatoms. The van der Waals surface area contributed by atoms with E-state index in [1.165, 1.54) is 0 Å². The molecule has 2 N–H and O–H groups in total. The number of fused-ring (bicyclic) bond motifs is 1. The predicted molar refractivity (Wildman–Crippen MR) is 67.5 cm³/mol. The maximum atomic E-state index is 6.13. The van der Waals surface area contributed by atoms with Crippen molar-refractivity contribution in [3.63, 3.8) is 0 Å². The Balaban J connectivity index is 2.21. The fraction of sp³-hybridized carbons (Fsp3) is 0.364. The third kappa shape index (κ3) is 2.57. The molecule has 1 aromatic carbocycles. The van der Waals surface area contributed by atoms with Gasteiger partial charge in [0, 0.05) is 17.5 Å². The second kappa shape index (κ2) is 4.89. The Morgan fingerprint density at radius 2 is 1.94 bits per heavy atom. The fourth-order valence-electron chi connectivity index (χ4n) is 1.56. The number of benzene rings is 1. The van der Waals surface area contributed by atoms with E-state index in [-0.39, 0.29) is 0 Å². The van der Waals surface area contributed by atoms with Crippen LogP contribution in [0.5, 0.6) is 11.5 Å². The molecule has 0 spiro atoms. The highest BCUT2D eigenvalue weighted by Crippen LogP contribution is 2.35. The Bertz CT molecular complexity index is 423. The molecule has 0 amide bonds. The van der Waals surface area contributed by atoms with E-state index in [1.54, 1.807) is 6.07 Å². The van der Waals surface area contributed by atoms with Gasteiger partial charge in [-0.25, -0.2) is 0 Å². The third-order valence-electron chi connectivity index (χ3n) is 2.35. The average Bonchev–Trinajstić information content (AvgIpc) is 2.26. The summed E-state index contributed by atoms with van der Waals surface area (Å²) in [6.07, 6.45) is 1.37. The molecule has 0 saturated heterocycles. The summed E-state index contributed by atoms with van der Waals surface area (Å²) in [4.78, 5) is 0.492. The quantitative estimate of drug-likeness (QED) is 0.845. The molecule has 16 heavy (non-hydrogen) atoms. The highest BCUT2D eigenvalue weighted by molar-refractivity contribution is 7.80. The first-order valence-corrected chi connectivity index (χ1v) is 5.82. The minimum absolute atomic E-state index is 0.492. The molecule has 0 aliphatic carbocycles. The molecule has 1 heterocycles. The number of hydrogen-bond donors (Lipinski definition) is 1. The first-order valence-electron chi connectivity index (χ1n) is 5.03. The Morgan fingerprint density at radius 1 is 1.31 bits per heavy atom. The van der Waals surface area contributed by atoms with E-state index in [0.717, 1.165) is 17.7 Å². The maximum absolute atomic E-state index is 6.13. The van der Waals surface area contributed by atoms with Gasteiger partial charge in [0.2, 0.25) is 0 Å². The van der Waals surface area contributed by atoms with Crippen molar-refractivity contribution < 1.29 is 9.47 Å². The number of halogens is 1. The van der Waals surface area contributed by atoms with Crippen molar-refractivity contribution >= 4 is 28.8 Å². The molecule has 0 radical (unpaired) electrons. The van der Waals surface area contributed by atoms with Crippen LogP contribution in [-0.2, 0) is 6.42 Å². The number of ether oxygens (including phenoxy) is 2. The van der Waals surface area contributed by atoms with Gasteiger partial charge in [-0.1, -0.05) is 23.8 Å². The fourth-order valence-corrected chi connectivity index (χ4v) is 1.91. The topological polar surface area (TPSA) is 44.5 Å². The van der Waals surface area contributed by atoms with Crippen LogP contribution in [0.3, 0.4) is 0 Å². The Morgan fingerprint density at radius 3 is 2.56 bits per heavy atom. The van der Waals surface area contributed by atoms with Crippen molar-refractivity contribution in [1.82, 2.24) is 0 Å². The number of nitrogens with two attached hydrogens (primary N) is 1. The molecule has 0 bridgehead atoms. The van der Waals surface area contributed by atoms with E-state index >= 15 is 0 Å². The first kappa shape index (κ1) is 11.5. The molecule has 0 fully saturated rings. The van der Waals surface area contributed by atoms with Crippen molar-refractivity contribution in [2.75, 3.05) is 13.2 Å². The van der Waals surface area contributed by atoms with Gasteiger partial charge in [-0.05, 0) is 18.1 Å². The van der Waals surface area contributed by atoms with Crippen LogP contribution >= 0.6 is 23.8 Å². The summed E-state index contributed by atoms with van der Waals surface area (Å²) in [5.74, 6) is 1.45. The Labute approximate surface area is 104 Å². The van der Waals surface area contributed by atoms with Crippen LogP contribution in [0.4, 0.5) is 0 Å². The van der Waals surface area contributed by atoms with E-state index in [9.17, 15) is 0 Å². The third-order valence-corrected chi connectivity index (χ3v) is 2.91. The van der Waals surface area contributed by atoms with Gasteiger partial charge < -0.3 is 15.2 Å². The lowest BCUT2D eigenvalue weighted by molar-refractivity contribution is 0.171. The van der Waals surface area contributed by atoms with Gasteiger partial charge in [0.05, 0.1) is 4.99 Å². The first-order chi connectivity index (χ1) is 7.66. The van der Waals surface area contributed by atoms with Crippen LogP contribution in [0, 0.1) is 0 Å². The van der Waals surface area contributed by atoms with Crippen molar-refractivity contribution in [2.45, 2.75) is 12.8 Å². The molecule has 2 rings (SSSR count). The molecule has 3 nitrogen and oxygen atoms in total. The molecular weight excluding hydrogens is 246 g/mol. The maximum Gasteiger partial charge on any atom is 0.162 e. The molecule has 0 unspecified atom stereocenters. The van der Waals surface area contributed by atoms with E-state index in [2.05, 4.69) is 0 Å². The lowest BCUT2D eigenvalue weighted by Gasteiger charge is -2.19. The van der Waals surface area contributed by atoms with Crippen LogP contribution in [0.2, 0.25) is 5.02 Å². The van der Waals surface area contributed by atoms with E-state index in [1.807, 2.05) is 6.07 Å². The monoisotopic (exact) mass is 257 g/mol. The highest BCUT2D eigenvalue weighted by atomic mass is 35.5. The Hall–Kier alpha value is -1.00. The van der Waals surface area contributed by atoms with Crippen LogP contribution in [0.1, 0.15) is 12.0 Å². The predicted octanol–water partition coefficient (Wildman–Crippen LogP) is 2.33. The zero-order chi connectivity index (χ0) is 11.5. The van der Waals surface area contributed by atoms with Gasteiger partial charge in [0.1, 0.15) is 13.2 Å². The van der Waals surface area contributed by atoms with E-state index in [4.69, 9.17) is 39.0 Å². The summed E-state index contributed by atoms with van der Waals surface area (Å²) in [6, 6.07) is 3.68. The zero-order valence-corrected chi connectivity index (χ0v) is 10.2. The van der Waals surface area contributed by atoms with Crippen molar-refractivity contribution in [3.05, 3.63) is 22.7 Å². The van der Waals surface area contributed by atoms with Crippen molar-refractivity contribution in [1.29, 1.82) is 0 Å². The zero-order valence-electron chi connectivity index (χ0n) is 8.66. The van der Waals surface area contributed by atoms with Crippen LogP contribution in [0.25, 0.3) is 0 Å². The lowest BCUT2D eigenvalue weighted by Crippen LogP contribution is -2.15. The molecule has 1 aromatic rings. The van der Waals surface area contributed by atoms with Crippen LogP contribution in [-0.4, -0.2) is 18.2 Å². The molecule has 1 aliphatic heterocycles. The largest absolute Gasteiger partial charge is 0.486 e. The van der Waals surface area contributed by atoms with Crippen molar-refractivity contribution in [2.24, 2.45) is 5.73 Å². The van der Waals surface area contributed by atoms with Crippen LogP contribution < -0.4 is 15.2 Å². The number of rotatable bonds is 3. The minimum atomic E-state index is 0.492. The molecule has 0 atom stereocenters.